The summed E-state index contributed by atoms with van der Waals surface area (Å²) in [5.74, 6) is -0.357. The molecule has 0 aliphatic heterocycles. The van der Waals surface area contributed by atoms with Crippen LogP contribution in [0, 0.1) is 0 Å². The molecule has 3 rings (SSSR count). The van der Waals surface area contributed by atoms with E-state index >= 15 is 0 Å². The van der Waals surface area contributed by atoms with Crippen molar-refractivity contribution in [1.82, 2.24) is 9.55 Å². The van der Waals surface area contributed by atoms with Crippen LogP contribution < -0.4 is 11.3 Å². The van der Waals surface area contributed by atoms with Gasteiger partial charge in [0, 0.05) is 10.9 Å². The molecule has 26 heavy (non-hydrogen) atoms. The molecule has 1 aliphatic carbocycles. The summed E-state index contributed by atoms with van der Waals surface area (Å²) in [4.78, 5) is 32.1. The van der Waals surface area contributed by atoms with Crippen molar-refractivity contribution < 1.29 is 4.79 Å². The number of carbonyl (C=O) groups is 1. The van der Waals surface area contributed by atoms with E-state index in [9.17, 15) is 9.59 Å². The summed E-state index contributed by atoms with van der Waals surface area (Å²) < 4.78 is 1.79. The minimum atomic E-state index is -0.368. The van der Waals surface area contributed by atoms with Crippen LogP contribution in [0.25, 0.3) is 10.2 Å². The number of carbonyl (C=O) groups excluding carboxylic acids is 1. The van der Waals surface area contributed by atoms with Crippen molar-refractivity contribution in [1.29, 1.82) is 0 Å². The number of fused-ring (bicyclic) bond motifs is 3. The smallest absolute Gasteiger partial charge is 0.263 e. The number of nitrogens with two attached hydrogens (primary N) is 1. The Morgan fingerprint density at radius 3 is 2.65 bits per heavy atom. The Balaban J connectivity index is 2.21. The molecule has 0 saturated carbocycles. The van der Waals surface area contributed by atoms with Crippen molar-refractivity contribution in [2.75, 3.05) is 0 Å². The van der Waals surface area contributed by atoms with Crippen molar-refractivity contribution in [3.05, 3.63) is 20.8 Å². The van der Waals surface area contributed by atoms with Crippen LogP contribution in [-0.4, -0.2) is 20.7 Å². The zero-order valence-corrected chi connectivity index (χ0v) is 17.3. The minimum absolute atomic E-state index is 0.0358. The molecule has 0 bridgehead atoms. The second-order valence-corrected chi connectivity index (χ2v) is 9.24. The van der Waals surface area contributed by atoms with Crippen LogP contribution in [0.2, 0.25) is 0 Å². The zero-order chi connectivity index (χ0) is 18.8. The Morgan fingerprint density at radius 1 is 1.27 bits per heavy atom. The lowest BCUT2D eigenvalue weighted by Gasteiger charge is -2.19. The van der Waals surface area contributed by atoms with E-state index in [4.69, 9.17) is 10.7 Å². The number of hydrogen-bond acceptors (Lipinski definition) is 5. The predicted molar refractivity (Wildman–Crippen MR) is 109 cm³/mol. The van der Waals surface area contributed by atoms with E-state index in [2.05, 4.69) is 6.92 Å². The van der Waals surface area contributed by atoms with E-state index in [-0.39, 0.29) is 22.8 Å². The molecule has 2 unspecified atom stereocenters. The van der Waals surface area contributed by atoms with Crippen LogP contribution >= 0.6 is 23.1 Å². The molecule has 2 aromatic rings. The third-order valence-electron chi connectivity index (χ3n) is 5.21. The van der Waals surface area contributed by atoms with Crippen molar-refractivity contribution in [2.45, 2.75) is 82.2 Å². The first-order chi connectivity index (χ1) is 12.5. The van der Waals surface area contributed by atoms with E-state index in [1.807, 2.05) is 13.8 Å². The molecule has 1 amide bonds. The number of thioether (sulfide) groups is 1. The summed E-state index contributed by atoms with van der Waals surface area (Å²) in [7, 11) is 0. The lowest BCUT2D eigenvalue weighted by molar-refractivity contribution is -0.117. The highest BCUT2D eigenvalue weighted by Crippen LogP contribution is 2.35. The second-order valence-electron chi connectivity index (χ2n) is 6.99. The van der Waals surface area contributed by atoms with E-state index in [1.165, 1.54) is 35.0 Å². The van der Waals surface area contributed by atoms with Gasteiger partial charge in [-0.05, 0) is 51.0 Å². The average Bonchev–Trinajstić information content (AvgIpc) is 2.80. The largest absolute Gasteiger partial charge is 0.369 e. The Morgan fingerprint density at radius 2 is 2.00 bits per heavy atom. The van der Waals surface area contributed by atoms with Crippen molar-refractivity contribution in [3.8, 4) is 0 Å². The number of rotatable bonds is 6. The van der Waals surface area contributed by atoms with Crippen LogP contribution in [0.1, 0.15) is 69.4 Å². The van der Waals surface area contributed by atoms with Crippen LogP contribution in [0.3, 0.4) is 0 Å². The highest BCUT2D eigenvalue weighted by atomic mass is 32.2. The van der Waals surface area contributed by atoms with Gasteiger partial charge in [0.15, 0.2) is 5.16 Å². The van der Waals surface area contributed by atoms with Crippen molar-refractivity contribution >= 4 is 39.2 Å². The third-order valence-corrected chi connectivity index (χ3v) is 7.74. The number of primary amides is 1. The van der Waals surface area contributed by atoms with E-state index < -0.39 is 0 Å². The first-order valence-electron chi connectivity index (χ1n) is 9.50. The number of nitrogens with zero attached hydrogens (tertiary/aromatic N) is 2. The fourth-order valence-electron chi connectivity index (χ4n) is 3.50. The highest BCUT2D eigenvalue weighted by Gasteiger charge is 2.25. The fourth-order valence-corrected chi connectivity index (χ4v) is 5.87. The summed E-state index contributed by atoms with van der Waals surface area (Å²) >= 11 is 2.99. The van der Waals surface area contributed by atoms with Crippen LogP contribution in [0.4, 0.5) is 0 Å². The van der Waals surface area contributed by atoms with Gasteiger partial charge in [0.1, 0.15) is 4.83 Å². The van der Waals surface area contributed by atoms with Gasteiger partial charge in [-0.15, -0.1) is 11.3 Å². The van der Waals surface area contributed by atoms with Gasteiger partial charge in [-0.2, -0.15) is 0 Å². The summed E-state index contributed by atoms with van der Waals surface area (Å²) in [6.45, 7) is 6.03. The van der Waals surface area contributed by atoms with E-state index in [1.54, 1.807) is 15.9 Å². The second kappa shape index (κ2) is 8.13. The van der Waals surface area contributed by atoms with Gasteiger partial charge in [0.25, 0.3) is 5.56 Å². The van der Waals surface area contributed by atoms with Crippen molar-refractivity contribution in [2.24, 2.45) is 5.73 Å². The summed E-state index contributed by atoms with van der Waals surface area (Å²) in [5, 5.41) is 1.06. The quantitative estimate of drug-likeness (QED) is 0.456. The molecule has 142 valence electrons. The average molecular weight is 394 g/mol. The maximum atomic E-state index is 13.4. The van der Waals surface area contributed by atoms with E-state index in [0.29, 0.717) is 11.6 Å². The lowest BCUT2D eigenvalue weighted by Crippen LogP contribution is -2.29. The molecule has 7 heteroatoms. The Bertz CT molecular complexity index is 872. The summed E-state index contributed by atoms with van der Waals surface area (Å²) in [5.41, 5.74) is 6.79. The number of amides is 1. The molecule has 0 aromatic carbocycles. The fraction of sp³-hybridized carbons (Fsp3) is 0.632. The number of aromatic nitrogens is 2. The molecule has 0 saturated heterocycles. The van der Waals surface area contributed by atoms with Crippen LogP contribution in [0.5, 0.6) is 0 Å². The van der Waals surface area contributed by atoms with Gasteiger partial charge in [-0.3, -0.25) is 14.2 Å². The Labute approximate surface area is 162 Å². The maximum absolute atomic E-state index is 13.4. The van der Waals surface area contributed by atoms with Gasteiger partial charge in [0.05, 0.1) is 10.6 Å². The van der Waals surface area contributed by atoms with E-state index in [0.717, 1.165) is 35.9 Å². The maximum Gasteiger partial charge on any atom is 0.263 e. The Hall–Kier alpha value is -1.34. The molecule has 0 spiro atoms. The third kappa shape index (κ3) is 3.56. The predicted octanol–water partition coefficient (Wildman–Crippen LogP) is 4.05. The molecule has 2 heterocycles. The molecule has 2 atom stereocenters. The first-order valence-corrected chi connectivity index (χ1v) is 11.2. The number of aryl methyl sites for hydroxylation is 2. The lowest BCUT2D eigenvalue weighted by atomic mass is 10.1. The molecular weight excluding hydrogens is 366 g/mol. The van der Waals surface area contributed by atoms with Crippen LogP contribution in [-0.2, 0) is 17.6 Å². The Kier molecular flexibility index (Phi) is 6.07. The molecular formula is C19H27N3O2S2. The molecule has 2 aromatic heterocycles. The van der Waals surface area contributed by atoms with Gasteiger partial charge in [-0.1, -0.05) is 32.0 Å². The highest BCUT2D eigenvalue weighted by molar-refractivity contribution is 8.00. The summed E-state index contributed by atoms with van der Waals surface area (Å²) in [6.07, 6.45) is 7.01. The normalized spacial score (nSPS) is 16.9. The molecule has 1 aliphatic rings. The monoisotopic (exact) mass is 393 g/mol. The molecule has 5 nitrogen and oxygen atoms in total. The molecule has 0 fully saturated rings. The van der Waals surface area contributed by atoms with Crippen molar-refractivity contribution in [3.63, 3.8) is 0 Å². The van der Waals surface area contributed by atoms with Crippen LogP contribution in [0.15, 0.2) is 9.95 Å². The standard InChI is InChI=1S/C19H27N3O2S2/c1-4-11(3)22-18(24)15-12-9-7-6-8-10-14(12)25-17(15)21-19(22)26-13(5-2)16(20)23/h11,13H,4-10H2,1-3H3,(H2,20,23). The molecule has 0 radical (unpaired) electrons. The number of thiophene rings is 1. The van der Waals surface area contributed by atoms with Gasteiger partial charge in [-0.25, -0.2) is 4.98 Å². The van der Waals surface area contributed by atoms with Gasteiger partial charge in [0.2, 0.25) is 5.91 Å². The summed E-state index contributed by atoms with van der Waals surface area (Å²) in [6, 6.07) is 0.0358. The topological polar surface area (TPSA) is 78.0 Å². The SMILES string of the molecule is CCC(Sc1nc2sc3c(c2c(=O)n1C(C)CC)CCCCC3)C(N)=O. The van der Waals surface area contributed by atoms with Gasteiger partial charge >= 0.3 is 0 Å². The minimum Gasteiger partial charge on any atom is -0.369 e. The zero-order valence-electron chi connectivity index (χ0n) is 15.7. The first kappa shape index (κ1) is 19.4. The number of hydrogen-bond donors (Lipinski definition) is 1. The van der Waals surface area contributed by atoms with Gasteiger partial charge < -0.3 is 5.73 Å². The molecule has 2 N–H and O–H groups in total.